The molecule has 0 radical (unpaired) electrons. The molecule has 6 heteroatoms. The molecular formula is C19H20N4OS. The highest BCUT2D eigenvalue weighted by molar-refractivity contribution is 7.18. The number of hydrogen-bond donors (Lipinski definition) is 1. The molecule has 1 amide bonds. The van der Waals surface area contributed by atoms with Crippen molar-refractivity contribution < 1.29 is 4.79 Å². The Morgan fingerprint density at radius 2 is 2.16 bits per heavy atom. The van der Waals surface area contributed by atoms with Crippen molar-refractivity contribution in [3.8, 4) is 0 Å². The van der Waals surface area contributed by atoms with Gasteiger partial charge in [0.05, 0.1) is 5.39 Å². The van der Waals surface area contributed by atoms with Crippen LogP contribution in [-0.2, 0) is 11.2 Å². The second-order valence-electron chi connectivity index (χ2n) is 6.19. The molecule has 1 aliphatic rings. The van der Waals surface area contributed by atoms with Crippen LogP contribution in [0.2, 0.25) is 0 Å². The summed E-state index contributed by atoms with van der Waals surface area (Å²) in [6.45, 7) is 2.99. The molecule has 0 bridgehead atoms. The van der Waals surface area contributed by atoms with Crippen LogP contribution in [0.3, 0.4) is 0 Å². The Hall–Kier alpha value is -2.47. The molecule has 3 aromatic rings. The summed E-state index contributed by atoms with van der Waals surface area (Å²) in [6, 6.07) is 11.6. The number of hydrogen-bond acceptors (Lipinski definition) is 5. The topological polar surface area (TPSA) is 58.1 Å². The van der Waals surface area contributed by atoms with Crippen molar-refractivity contribution in [2.75, 3.05) is 16.8 Å². The molecule has 4 rings (SSSR count). The van der Waals surface area contributed by atoms with E-state index >= 15 is 0 Å². The molecule has 0 aliphatic carbocycles. The molecule has 1 saturated heterocycles. The molecule has 1 aliphatic heterocycles. The van der Waals surface area contributed by atoms with Gasteiger partial charge in [0, 0.05) is 17.1 Å². The number of rotatable bonds is 4. The predicted octanol–water partition coefficient (Wildman–Crippen LogP) is 3.86. The number of fused-ring (bicyclic) bond motifs is 1. The first-order valence-electron chi connectivity index (χ1n) is 8.62. The summed E-state index contributed by atoms with van der Waals surface area (Å²) in [5, 5.41) is 4.09. The summed E-state index contributed by atoms with van der Waals surface area (Å²) in [5.41, 5.74) is 0.830. The summed E-state index contributed by atoms with van der Waals surface area (Å²) >= 11 is 1.70. The third-order valence-electron chi connectivity index (χ3n) is 4.58. The van der Waals surface area contributed by atoms with Crippen molar-refractivity contribution >= 4 is 39.0 Å². The number of para-hydroxylation sites is 1. The van der Waals surface area contributed by atoms with Gasteiger partial charge in [-0.2, -0.15) is 0 Å². The first-order chi connectivity index (χ1) is 12.3. The minimum atomic E-state index is -0.191. The number of anilines is 2. The SMILES string of the molecule is CCc1cc2c(N3CCC[C@@H]3C(=O)Nc3ccccc3)ncnc2s1. The van der Waals surface area contributed by atoms with E-state index in [0.717, 1.165) is 47.5 Å². The van der Waals surface area contributed by atoms with Gasteiger partial charge in [0.2, 0.25) is 5.91 Å². The van der Waals surface area contributed by atoms with Gasteiger partial charge < -0.3 is 10.2 Å². The predicted molar refractivity (Wildman–Crippen MR) is 102 cm³/mol. The molecule has 1 fully saturated rings. The van der Waals surface area contributed by atoms with Crippen molar-refractivity contribution in [2.45, 2.75) is 32.2 Å². The van der Waals surface area contributed by atoms with E-state index in [1.54, 1.807) is 17.7 Å². The van der Waals surface area contributed by atoms with E-state index in [1.165, 1.54) is 4.88 Å². The fourth-order valence-electron chi connectivity index (χ4n) is 3.34. The Kier molecular flexibility index (Phi) is 4.36. The van der Waals surface area contributed by atoms with Crippen LogP contribution in [-0.4, -0.2) is 28.5 Å². The quantitative estimate of drug-likeness (QED) is 0.774. The maximum atomic E-state index is 12.8. The van der Waals surface area contributed by atoms with E-state index in [-0.39, 0.29) is 11.9 Å². The minimum Gasteiger partial charge on any atom is -0.344 e. The van der Waals surface area contributed by atoms with Crippen LogP contribution in [0, 0.1) is 0 Å². The lowest BCUT2D eigenvalue weighted by Gasteiger charge is -2.25. The summed E-state index contributed by atoms with van der Waals surface area (Å²) < 4.78 is 0. The molecule has 3 heterocycles. The summed E-state index contributed by atoms with van der Waals surface area (Å²) in [4.78, 5) is 26.1. The zero-order valence-corrected chi connectivity index (χ0v) is 14.9. The average molecular weight is 352 g/mol. The number of amides is 1. The van der Waals surface area contributed by atoms with Gasteiger partial charge in [0.1, 0.15) is 23.0 Å². The highest BCUT2D eigenvalue weighted by Gasteiger charge is 2.33. The zero-order valence-electron chi connectivity index (χ0n) is 14.1. The van der Waals surface area contributed by atoms with Crippen molar-refractivity contribution in [1.29, 1.82) is 0 Å². The van der Waals surface area contributed by atoms with Gasteiger partial charge in [-0.15, -0.1) is 11.3 Å². The minimum absolute atomic E-state index is 0.0291. The van der Waals surface area contributed by atoms with Crippen LogP contribution in [0.5, 0.6) is 0 Å². The summed E-state index contributed by atoms with van der Waals surface area (Å²) in [6.07, 6.45) is 4.43. The highest BCUT2D eigenvalue weighted by Crippen LogP contribution is 2.34. The number of carbonyl (C=O) groups excluding carboxylic acids is 1. The average Bonchev–Trinajstić information content (AvgIpc) is 3.28. The summed E-state index contributed by atoms with van der Waals surface area (Å²) in [7, 11) is 0. The van der Waals surface area contributed by atoms with Crippen LogP contribution in [0.1, 0.15) is 24.6 Å². The van der Waals surface area contributed by atoms with Crippen molar-refractivity contribution in [3.63, 3.8) is 0 Å². The van der Waals surface area contributed by atoms with E-state index in [1.807, 2.05) is 30.3 Å². The molecule has 0 saturated carbocycles. The summed E-state index contributed by atoms with van der Waals surface area (Å²) in [5.74, 6) is 0.910. The van der Waals surface area contributed by atoms with Gasteiger partial charge in [-0.3, -0.25) is 4.79 Å². The largest absolute Gasteiger partial charge is 0.344 e. The third-order valence-corrected chi connectivity index (χ3v) is 5.76. The Labute approximate surface area is 150 Å². The standard InChI is InChI=1S/C19H20N4OS/c1-2-14-11-15-17(20-12-21-19(15)25-14)23-10-6-9-16(23)18(24)22-13-7-4-3-5-8-13/h3-5,7-8,11-12,16H,2,6,9-10H2,1H3,(H,22,24)/t16-/m1/s1. The maximum absolute atomic E-state index is 12.8. The van der Waals surface area contributed by atoms with Crippen molar-refractivity contribution in [3.05, 3.63) is 47.6 Å². The smallest absolute Gasteiger partial charge is 0.247 e. The lowest BCUT2D eigenvalue weighted by Crippen LogP contribution is -2.40. The van der Waals surface area contributed by atoms with Crippen LogP contribution in [0.25, 0.3) is 10.2 Å². The fraction of sp³-hybridized carbons (Fsp3) is 0.316. The van der Waals surface area contributed by atoms with Gasteiger partial charge in [-0.05, 0) is 37.5 Å². The number of nitrogens with zero attached hydrogens (tertiary/aromatic N) is 3. The molecule has 0 spiro atoms. The lowest BCUT2D eigenvalue weighted by atomic mass is 10.2. The van der Waals surface area contributed by atoms with Gasteiger partial charge in [-0.1, -0.05) is 25.1 Å². The monoisotopic (exact) mass is 352 g/mol. The number of benzene rings is 1. The van der Waals surface area contributed by atoms with E-state index in [0.29, 0.717) is 0 Å². The molecule has 25 heavy (non-hydrogen) atoms. The van der Waals surface area contributed by atoms with Gasteiger partial charge >= 0.3 is 0 Å². The Bertz CT molecular complexity index is 893. The fourth-order valence-corrected chi connectivity index (χ4v) is 4.27. The molecular weight excluding hydrogens is 332 g/mol. The highest BCUT2D eigenvalue weighted by atomic mass is 32.1. The normalized spacial score (nSPS) is 17.2. The zero-order chi connectivity index (χ0) is 17.2. The second-order valence-corrected chi connectivity index (χ2v) is 7.30. The van der Waals surface area contributed by atoms with E-state index in [2.05, 4.69) is 33.2 Å². The number of nitrogens with one attached hydrogen (secondary N) is 1. The van der Waals surface area contributed by atoms with E-state index < -0.39 is 0 Å². The molecule has 5 nitrogen and oxygen atoms in total. The first kappa shape index (κ1) is 16.0. The molecule has 0 unspecified atom stereocenters. The maximum Gasteiger partial charge on any atom is 0.247 e. The Morgan fingerprint density at radius 3 is 2.96 bits per heavy atom. The van der Waals surface area contributed by atoms with Gasteiger partial charge in [-0.25, -0.2) is 9.97 Å². The number of aryl methyl sites for hydroxylation is 1. The second kappa shape index (κ2) is 6.80. The molecule has 1 aromatic carbocycles. The first-order valence-corrected chi connectivity index (χ1v) is 9.44. The van der Waals surface area contributed by atoms with E-state index in [4.69, 9.17) is 0 Å². The third kappa shape index (κ3) is 3.09. The lowest BCUT2D eigenvalue weighted by molar-refractivity contribution is -0.117. The molecule has 1 atom stereocenters. The van der Waals surface area contributed by atoms with Crippen LogP contribution in [0.15, 0.2) is 42.7 Å². The number of thiophene rings is 1. The number of aromatic nitrogens is 2. The van der Waals surface area contributed by atoms with Crippen LogP contribution >= 0.6 is 11.3 Å². The Balaban J connectivity index is 1.63. The van der Waals surface area contributed by atoms with E-state index in [9.17, 15) is 4.79 Å². The molecule has 128 valence electrons. The van der Waals surface area contributed by atoms with Gasteiger partial charge in [0.25, 0.3) is 0 Å². The molecule has 1 N–H and O–H groups in total. The van der Waals surface area contributed by atoms with Gasteiger partial charge in [0.15, 0.2) is 0 Å². The van der Waals surface area contributed by atoms with Crippen molar-refractivity contribution in [1.82, 2.24) is 9.97 Å². The molecule has 2 aromatic heterocycles. The van der Waals surface area contributed by atoms with Crippen LogP contribution < -0.4 is 10.2 Å². The van der Waals surface area contributed by atoms with Crippen LogP contribution in [0.4, 0.5) is 11.5 Å². The Morgan fingerprint density at radius 1 is 1.32 bits per heavy atom. The number of carbonyl (C=O) groups is 1. The van der Waals surface area contributed by atoms with Crippen molar-refractivity contribution in [2.24, 2.45) is 0 Å².